The van der Waals surface area contributed by atoms with Crippen molar-refractivity contribution in [1.82, 2.24) is 39.9 Å². The Morgan fingerprint density at radius 2 is 0.512 bits per heavy atom. The number of methoxy groups -OCH3 is 4. The van der Waals surface area contributed by atoms with Gasteiger partial charge in [0.2, 0.25) is 0 Å². The quantitative estimate of drug-likeness (QED) is 0.121. The van der Waals surface area contributed by atoms with E-state index in [1.165, 1.54) is 0 Å². The standard InChI is InChI=1S/C68H50N8O4/c1-77-59-7-5-8-60(78-2)67(59)65-55-15-11-51(73-55)63(49-37-45(41-19-27-69-28-20-41)35-46(38-49)42-21-29-70-30-22-42)53-13-17-57(75-53)66(68-61(79-3)9-6-10-62(68)80-4)58-18-14-54(76-58)64(52-12-16-56(65)74-52)50-39-47(43-23-31-71-32-24-43)36-48(40-50)44-25-33-72-34-26-44/h5-40,73,76H,1-4H3. The Kier molecular flexibility index (Phi) is 12.8. The monoisotopic (exact) mass is 1040 g/mol. The Morgan fingerprint density at radius 3 is 0.787 bits per heavy atom. The molecule has 2 aliphatic rings. The molecule has 0 spiro atoms. The van der Waals surface area contributed by atoms with E-state index in [4.69, 9.17) is 28.9 Å². The van der Waals surface area contributed by atoms with Gasteiger partial charge >= 0.3 is 0 Å². The highest BCUT2D eigenvalue weighted by Crippen LogP contribution is 2.47. The number of aromatic amines is 2. The average molecular weight is 1040 g/mol. The first-order valence-corrected chi connectivity index (χ1v) is 26.0. The molecule has 2 N–H and O–H groups in total. The van der Waals surface area contributed by atoms with Crippen molar-refractivity contribution in [2.24, 2.45) is 0 Å². The van der Waals surface area contributed by atoms with Crippen molar-refractivity contribution in [2.75, 3.05) is 28.4 Å². The fraction of sp³-hybridized carbons (Fsp3) is 0.0588. The molecule has 12 nitrogen and oxygen atoms in total. The lowest BCUT2D eigenvalue weighted by Gasteiger charge is -2.15. The molecule has 12 heteroatoms. The predicted octanol–water partition coefficient (Wildman–Crippen LogP) is 15.6. The Bertz CT molecular complexity index is 3960. The van der Waals surface area contributed by atoms with Gasteiger partial charge in [0.25, 0.3) is 0 Å². The van der Waals surface area contributed by atoms with Crippen molar-refractivity contribution in [3.05, 3.63) is 218 Å². The van der Waals surface area contributed by atoms with Crippen LogP contribution in [0.1, 0.15) is 22.8 Å². The van der Waals surface area contributed by atoms with Gasteiger partial charge in [0, 0.05) is 93.9 Å². The third-order valence-corrected chi connectivity index (χ3v) is 14.6. The summed E-state index contributed by atoms with van der Waals surface area (Å²) < 4.78 is 24.8. The Morgan fingerprint density at radius 1 is 0.263 bits per heavy atom. The van der Waals surface area contributed by atoms with Crippen molar-refractivity contribution in [2.45, 2.75) is 0 Å². The summed E-state index contributed by atoms with van der Waals surface area (Å²) in [6.45, 7) is 0. The zero-order valence-electron chi connectivity index (χ0n) is 44.1. The Balaban J connectivity index is 1.21. The average Bonchev–Trinajstić information content (AvgIpc) is 4.57. The molecule has 0 radical (unpaired) electrons. The van der Waals surface area contributed by atoms with Crippen LogP contribution in [-0.2, 0) is 0 Å². The molecule has 0 atom stereocenters. The molecule has 0 fully saturated rings. The first-order chi connectivity index (χ1) is 39.5. The fourth-order valence-corrected chi connectivity index (χ4v) is 10.9. The fourth-order valence-electron chi connectivity index (χ4n) is 10.9. The van der Waals surface area contributed by atoms with Crippen molar-refractivity contribution < 1.29 is 18.9 Å². The van der Waals surface area contributed by atoms with Gasteiger partial charge in [-0.3, -0.25) is 19.9 Å². The van der Waals surface area contributed by atoms with E-state index in [0.29, 0.717) is 34.4 Å². The van der Waals surface area contributed by atoms with Gasteiger partial charge in [-0.25, -0.2) is 9.97 Å². The normalized spacial score (nSPS) is 11.7. The minimum Gasteiger partial charge on any atom is -0.496 e. The van der Waals surface area contributed by atoms with Crippen molar-refractivity contribution in [3.63, 3.8) is 0 Å². The summed E-state index contributed by atoms with van der Waals surface area (Å²) in [5.74, 6) is 2.47. The molecule has 7 aromatic heterocycles. The molecule has 0 aliphatic carbocycles. The first-order valence-electron chi connectivity index (χ1n) is 26.0. The van der Waals surface area contributed by atoms with Crippen molar-refractivity contribution in [1.29, 1.82) is 0 Å². The van der Waals surface area contributed by atoms with Crippen LogP contribution in [0.2, 0.25) is 0 Å². The maximum absolute atomic E-state index is 6.19. The number of pyridine rings is 4. The molecule has 8 bridgehead atoms. The maximum Gasteiger partial charge on any atom is 0.130 e. The highest BCUT2D eigenvalue weighted by atomic mass is 16.5. The molecule has 11 aromatic rings. The third kappa shape index (κ3) is 8.99. The summed E-state index contributed by atoms with van der Waals surface area (Å²) in [7, 11) is 6.71. The number of ether oxygens (including phenoxy) is 4. The number of fused-ring (bicyclic) bond motifs is 8. The smallest absolute Gasteiger partial charge is 0.130 e. The second kappa shape index (κ2) is 21.0. The minimum absolute atomic E-state index is 0.619. The molecule has 0 saturated carbocycles. The topological polar surface area (TPSA) is 146 Å². The number of hydrogen-bond donors (Lipinski definition) is 2. The van der Waals surface area contributed by atoms with Gasteiger partial charge in [-0.1, -0.05) is 12.1 Å². The van der Waals surface area contributed by atoms with Crippen LogP contribution < -0.4 is 18.9 Å². The first kappa shape index (κ1) is 48.9. The van der Waals surface area contributed by atoms with Crippen LogP contribution in [0.15, 0.2) is 195 Å². The van der Waals surface area contributed by atoms with Gasteiger partial charge < -0.3 is 28.9 Å². The molecule has 0 saturated heterocycles. The van der Waals surface area contributed by atoms with E-state index in [1.54, 1.807) is 28.4 Å². The van der Waals surface area contributed by atoms with E-state index < -0.39 is 0 Å². The molecular weight excluding hydrogens is 993 g/mol. The lowest BCUT2D eigenvalue weighted by molar-refractivity contribution is 0.397. The van der Waals surface area contributed by atoms with Crippen LogP contribution in [0.3, 0.4) is 0 Å². The van der Waals surface area contributed by atoms with Crippen molar-refractivity contribution >= 4 is 46.4 Å². The van der Waals surface area contributed by atoms with Crippen LogP contribution >= 0.6 is 0 Å². The van der Waals surface area contributed by atoms with Gasteiger partial charge in [-0.05, 0) is 213 Å². The summed E-state index contributed by atoms with van der Waals surface area (Å²) in [6, 6.07) is 49.6. The molecule has 9 heterocycles. The molecule has 80 heavy (non-hydrogen) atoms. The predicted molar refractivity (Wildman–Crippen MR) is 320 cm³/mol. The van der Waals surface area contributed by atoms with E-state index in [-0.39, 0.29) is 0 Å². The molecule has 4 aromatic carbocycles. The largest absolute Gasteiger partial charge is 0.496 e. The van der Waals surface area contributed by atoms with Crippen LogP contribution in [0.5, 0.6) is 23.0 Å². The van der Waals surface area contributed by atoms with Gasteiger partial charge in [0.05, 0.1) is 62.3 Å². The van der Waals surface area contributed by atoms with Crippen LogP contribution in [-0.4, -0.2) is 68.3 Å². The molecule has 0 amide bonds. The van der Waals surface area contributed by atoms with Crippen molar-refractivity contribution in [3.8, 4) is 112 Å². The number of H-pyrrole nitrogens is 2. The summed E-state index contributed by atoms with van der Waals surface area (Å²) >= 11 is 0. The number of hydrogen-bond acceptors (Lipinski definition) is 10. The number of aromatic nitrogens is 8. The van der Waals surface area contributed by atoms with Crippen LogP contribution in [0.25, 0.3) is 135 Å². The Hall–Kier alpha value is -10.7. The van der Waals surface area contributed by atoms with E-state index in [2.05, 4.69) is 115 Å². The number of rotatable bonds is 12. The molecule has 0 unspecified atom stereocenters. The van der Waals surface area contributed by atoms with E-state index in [0.717, 1.165) is 122 Å². The molecule has 13 rings (SSSR count). The number of nitrogens with one attached hydrogen (secondary N) is 2. The van der Waals surface area contributed by atoms with Gasteiger partial charge in [-0.2, -0.15) is 0 Å². The maximum atomic E-state index is 6.19. The number of benzene rings is 4. The molecule has 386 valence electrons. The molecule has 2 aliphatic heterocycles. The zero-order chi connectivity index (χ0) is 54.1. The summed E-state index contributed by atoms with van der Waals surface area (Å²) in [5, 5.41) is 0. The van der Waals surface area contributed by atoms with Crippen LogP contribution in [0, 0.1) is 0 Å². The summed E-state index contributed by atoms with van der Waals surface area (Å²) in [4.78, 5) is 36.6. The Labute approximate surface area is 461 Å². The van der Waals surface area contributed by atoms with E-state index in [9.17, 15) is 0 Å². The summed E-state index contributed by atoms with van der Waals surface area (Å²) in [6.07, 6.45) is 22.9. The number of nitrogens with zero attached hydrogens (tertiary/aromatic N) is 6. The minimum atomic E-state index is 0.619. The highest BCUT2D eigenvalue weighted by molar-refractivity contribution is 6.03. The second-order valence-electron chi connectivity index (χ2n) is 19.1. The summed E-state index contributed by atoms with van der Waals surface area (Å²) in [5.41, 5.74) is 20.7. The zero-order valence-corrected chi connectivity index (χ0v) is 44.1. The second-order valence-corrected chi connectivity index (χ2v) is 19.1. The third-order valence-electron chi connectivity index (χ3n) is 14.6. The van der Waals surface area contributed by atoms with Gasteiger partial charge in [0.1, 0.15) is 23.0 Å². The van der Waals surface area contributed by atoms with Crippen LogP contribution in [0.4, 0.5) is 0 Å². The van der Waals surface area contributed by atoms with Gasteiger partial charge in [0.15, 0.2) is 0 Å². The lowest BCUT2D eigenvalue weighted by atomic mass is 9.93. The lowest BCUT2D eigenvalue weighted by Crippen LogP contribution is -1.96. The SMILES string of the molecule is COc1cccc(OC)c1-c1c2nc(c(-c3cc(-c4ccncc4)cc(-c4ccncc4)c3)c3ccc([nH]3)c(-c3c(OC)cccc3OC)c3nc(c(-c4cc(-c5ccncc5)cc(-c5ccncc5)c4)c4ccc1[nH]4)C=C3)C=C2. The van der Waals surface area contributed by atoms with E-state index >= 15 is 0 Å². The highest BCUT2D eigenvalue weighted by Gasteiger charge is 2.25. The van der Waals surface area contributed by atoms with Gasteiger partial charge in [-0.15, -0.1) is 0 Å². The molecular formula is C68H50N8O4. The van der Waals surface area contributed by atoms with E-state index in [1.807, 2.05) is 135 Å².